The number of hydrogen-bond acceptors (Lipinski definition) is 4. The molecule has 1 atom stereocenters. The molecule has 0 bridgehead atoms. The van der Waals surface area contributed by atoms with Gasteiger partial charge < -0.3 is 11.1 Å². The van der Waals surface area contributed by atoms with Crippen molar-refractivity contribution in [2.75, 3.05) is 5.32 Å². The van der Waals surface area contributed by atoms with Gasteiger partial charge in [-0.05, 0) is 18.8 Å². The van der Waals surface area contributed by atoms with E-state index >= 15 is 0 Å². The maximum Gasteiger partial charge on any atom is 0.227 e. The number of carbonyl (C=O) groups excluding carboxylic acids is 1. The van der Waals surface area contributed by atoms with Crippen molar-refractivity contribution in [1.82, 2.24) is 4.98 Å². The van der Waals surface area contributed by atoms with Crippen LogP contribution in [0.3, 0.4) is 0 Å². The number of aromatic nitrogens is 1. The van der Waals surface area contributed by atoms with Crippen LogP contribution in [-0.2, 0) is 11.2 Å². The Morgan fingerprint density at radius 3 is 2.67 bits per heavy atom. The summed E-state index contributed by atoms with van der Waals surface area (Å²) >= 11 is 1.46. The molecular weight excluding hydrogens is 270 g/mol. The maximum absolute atomic E-state index is 11.5. The van der Waals surface area contributed by atoms with E-state index in [1.165, 1.54) is 11.3 Å². The number of nitrogens with one attached hydrogen (secondary N) is 1. The molecule has 6 heteroatoms. The lowest BCUT2D eigenvalue weighted by Crippen LogP contribution is -2.23. The summed E-state index contributed by atoms with van der Waals surface area (Å²) in [6.45, 7) is 8.31. The Bertz CT molecular complexity index is 385. The molecule has 0 aliphatic rings. The minimum absolute atomic E-state index is 0. The standard InChI is InChI=1S/C12H21N3OS.ClH/c1-8(13)5-10(16)15-11-14-9(7-17-11)6-12(2,3)4;/h7-8H,5-6,13H2,1-4H3,(H,14,15,16);1H. The zero-order valence-corrected chi connectivity index (χ0v) is 13.0. The Balaban J connectivity index is 0.00000289. The first-order valence-corrected chi connectivity index (χ1v) is 6.64. The van der Waals surface area contributed by atoms with Gasteiger partial charge in [0.25, 0.3) is 0 Å². The molecule has 1 aromatic rings. The van der Waals surface area contributed by atoms with Crippen LogP contribution in [0.25, 0.3) is 0 Å². The fourth-order valence-electron chi connectivity index (χ4n) is 1.45. The third kappa shape index (κ3) is 6.93. The molecule has 4 nitrogen and oxygen atoms in total. The number of nitrogens with zero attached hydrogens (tertiary/aromatic N) is 1. The van der Waals surface area contributed by atoms with Gasteiger partial charge in [0.1, 0.15) is 0 Å². The number of thiazole rings is 1. The van der Waals surface area contributed by atoms with Gasteiger partial charge >= 0.3 is 0 Å². The topological polar surface area (TPSA) is 68.0 Å². The molecule has 104 valence electrons. The van der Waals surface area contributed by atoms with Gasteiger partial charge in [-0.25, -0.2) is 4.98 Å². The quantitative estimate of drug-likeness (QED) is 0.896. The van der Waals surface area contributed by atoms with Crippen molar-refractivity contribution in [2.24, 2.45) is 11.1 Å². The highest BCUT2D eigenvalue weighted by molar-refractivity contribution is 7.13. The number of carbonyl (C=O) groups is 1. The Labute approximate surface area is 119 Å². The van der Waals surface area contributed by atoms with Crippen LogP contribution in [0.1, 0.15) is 39.8 Å². The van der Waals surface area contributed by atoms with Crippen molar-refractivity contribution in [3.05, 3.63) is 11.1 Å². The average Bonchev–Trinajstić information content (AvgIpc) is 2.46. The van der Waals surface area contributed by atoms with E-state index in [1.54, 1.807) is 0 Å². The summed E-state index contributed by atoms with van der Waals surface area (Å²) < 4.78 is 0. The average molecular weight is 292 g/mol. The minimum atomic E-state index is -0.121. The molecule has 1 aromatic heterocycles. The molecule has 1 rings (SSSR count). The molecule has 0 fully saturated rings. The number of rotatable bonds is 4. The molecule has 3 N–H and O–H groups in total. The molecule has 0 aromatic carbocycles. The minimum Gasteiger partial charge on any atom is -0.327 e. The smallest absolute Gasteiger partial charge is 0.227 e. The van der Waals surface area contributed by atoms with Crippen LogP contribution < -0.4 is 11.1 Å². The van der Waals surface area contributed by atoms with Crippen LogP contribution in [0.5, 0.6) is 0 Å². The predicted octanol–water partition coefficient (Wildman–Crippen LogP) is 2.83. The highest BCUT2D eigenvalue weighted by atomic mass is 35.5. The first kappa shape index (κ1) is 17.4. The van der Waals surface area contributed by atoms with Gasteiger partial charge in [0, 0.05) is 17.8 Å². The van der Waals surface area contributed by atoms with Crippen LogP contribution >= 0.6 is 23.7 Å². The van der Waals surface area contributed by atoms with E-state index in [0.29, 0.717) is 11.6 Å². The van der Waals surface area contributed by atoms with E-state index in [4.69, 9.17) is 5.73 Å². The van der Waals surface area contributed by atoms with Crippen molar-refractivity contribution >= 4 is 34.8 Å². The summed E-state index contributed by atoms with van der Waals surface area (Å²) in [7, 11) is 0. The third-order valence-corrected chi connectivity index (χ3v) is 2.82. The lowest BCUT2D eigenvalue weighted by atomic mass is 9.91. The number of anilines is 1. The van der Waals surface area contributed by atoms with E-state index < -0.39 is 0 Å². The van der Waals surface area contributed by atoms with Gasteiger partial charge in [-0.15, -0.1) is 23.7 Å². The van der Waals surface area contributed by atoms with Gasteiger partial charge in [-0.3, -0.25) is 4.79 Å². The van der Waals surface area contributed by atoms with Gasteiger partial charge in [-0.2, -0.15) is 0 Å². The lowest BCUT2D eigenvalue weighted by Gasteiger charge is -2.15. The highest BCUT2D eigenvalue weighted by Gasteiger charge is 2.14. The zero-order valence-electron chi connectivity index (χ0n) is 11.3. The predicted molar refractivity (Wildman–Crippen MR) is 79.4 cm³/mol. The third-order valence-electron chi connectivity index (χ3n) is 2.02. The Morgan fingerprint density at radius 2 is 2.17 bits per heavy atom. The second-order valence-corrected chi connectivity index (χ2v) is 6.47. The van der Waals surface area contributed by atoms with E-state index in [-0.39, 0.29) is 29.8 Å². The summed E-state index contributed by atoms with van der Waals surface area (Å²) in [5.74, 6) is -0.0725. The van der Waals surface area contributed by atoms with Crippen molar-refractivity contribution in [3.63, 3.8) is 0 Å². The largest absolute Gasteiger partial charge is 0.327 e. The van der Waals surface area contributed by atoms with Crippen LogP contribution in [0.4, 0.5) is 5.13 Å². The summed E-state index contributed by atoms with van der Waals surface area (Å²) in [5.41, 5.74) is 6.79. The summed E-state index contributed by atoms with van der Waals surface area (Å²) in [4.78, 5) is 15.9. The fraction of sp³-hybridized carbons (Fsp3) is 0.667. The SMILES string of the molecule is CC(N)CC(=O)Nc1nc(CC(C)(C)C)cs1.Cl. The van der Waals surface area contributed by atoms with Crippen molar-refractivity contribution < 1.29 is 4.79 Å². The molecule has 0 aliphatic carbocycles. The molecule has 0 spiro atoms. The molecule has 0 saturated carbocycles. The fourth-order valence-corrected chi connectivity index (χ4v) is 2.18. The van der Waals surface area contributed by atoms with Gasteiger partial charge in [-0.1, -0.05) is 20.8 Å². The first-order chi connectivity index (χ1) is 7.76. The van der Waals surface area contributed by atoms with Gasteiger partial charge in [0.05, 0.1) is 5.69 Å². The number of hydrogen-bond donors (Lipinski definition) is 2. The monoisotopic (exact) mass is 291 g/mol. The summed E-state index contributed by atoms with van der Waals surface area (Å²) in [6, 6.07) is -0.121. The van der Waals surface area contributed by atoms with Crippen LogP contribution in [0.2, 0.25) is 0 Å². The Kier molecular flexibility index (Phi) is 6.81. The van der Waals surface area contributed by atoms with Crippen molar-refractivity contribution in [3.8, 4) is 0 Å². The van der Waals surface area contributed by atoms with Crippen molar-refractivity contribution in [1.29, 1.82) is 0 Å². The van der Waals surface area contributed by atoms with Crippen LogP contribution in [-0.4, -0.2) is 16.9 Å². The molecule has 1 heterocycles. The Hall–Kier alpha value is -0.650. The van der Waals surface area contributed by atoms with E-state index in [9.17, 15) is 4.79 Å². The zero-order chi connectivity index (χ0) is 13.1. The number of amides is 1. The molecule has 1 unspecified atom stereocenters. The van der Waals surface area contributed by atoms with Gasteiger partial charge in [0.15, 0.2) is 5.13 Å². The molecular formula is C12H22ClN3OS. The molecule has 1 amide bonds. The first-order valence-electron chi connectivity index (χ1n) is 5.76. The Morgan fingerprint density at radius 1 is 1.56 bits per heavy atom. The molecule has 0 saturated heterocycles. The second kappa shape index (κ2) is 7.07. The van der Waals surface area contributed by atoms with E-state index in [0.717, 1.165) is 12.1 Å². The van der Waals surface area contributed by atoms with Gasteiger partial charge in [0.2, 0.25) is 5.91 Å². The lowest BCUT2D eigenvalue weighted by molar-refractivity contribution is -0.116. The summed E-state index contributed by atoms with van der Waals surface area (Å²) in [5, 5.41) is 5.42. The van der Waals surface area contributed by atoms with E-state index in [2.05, 4.69) is 31.1 Å². The maximum atomic E-state index is 11.5. The molecule has 18 heavy (non-hydrogen) atoms. The molecule has 0 radical (unpaired) electrons. The summed E-state index contributed by atoms with van der Waals surface area (Å²) in [6.07, 6.45) is 1.24. The van der Waals surface area contributed by atoms with E-state index in [1.807, 2.05) is 12.3 Å². The van der Waals surface area contributed by atoms with Crippen LogP contribution in [0, 0.1) is 5.41 Å². The number of halogens is 1. The molecule has 0 aliphatic heterocycles. The highest BCUT2D eigenvalue weighted by Crippen LogP contribution is 2.23. The second-order valence-electron chi connectivity index (χ2n) is 5.61. The normalized spacial score (nSPS) is 12.7. The van der Waals surface area contributed by atoms with Crippen molar-refractivity contribution in [2.45, 2.75) is 46.6 Å². The number of nitrogens with two attached hydrogens (primary N) is 1. The van der Waals surface area contributed by atoms with Crippen LogP contribution in [0.15, 0.2) is 5.38 Å².